The number of ether oxygens (including phenoxy) is 1. The van der Waals surface area contributed by atoms with Crippen LogP contribution in [0.15, 0.2) is 0 Å². The Labute approximate surface area is 107 Å². The van der Waals surface area contributed by atoms with Crippen molar-refractivity contribution in [2.75, 3.05) is 39.4 Å². The maximum atomic E-state index is 5.53. The zero-order chi connectivity index (χ0) is 12.5. The lowest BCUT2D eigenvalue weighted by Gasteiger charge is -2.30. The van der Waals surface area contributed by atoms with Crippen LogP contribution in [-0.4, -0.2) is 50.3 Å². The monoisotopic (exact) mass is 242 g/mol. The van der Waals surface area contributed by atoms with Crippen LogP contribution in [0, 0.1) is 5.92 Å². The van der Waals surface area contributed by atoms with E-state index in [9.17, 15) is 0 Å². The van der Waals surface area contributed by atoms with Crippen molar-refractivity contribution in [2.45, 2.75) is 46.1 Å². The first kappa shape index (κ1) is 14.9. The highest BCUT2D eigenvalue weighted by Gasteiger charge is 2.18. The Bertz CT molecular complexity index is 177. The largest absolute Gasteiger partial charge is 0.380 e. The predicted octanol–water partition coefficient (Wildman–Crippen LogP) is 2.12. The minimum Gasteiger partial charge on any atom is -0.380 e. The van der Waals surface area contributed by atoms with Crippen molar-refractivity contribution in [1.29, 1.82) is 0 Å². The molecule has 0 bridgehead atoms. The summed E-state index contributed by atoms with van der Waals surface area (Å²) in [6.45, 7) is 13.2. The summed E-state index contributed by atoms with van der Waals surface area (Å²) >= 11 is 0. The minimum absolute atomic E-state index is 0.695. The molecule has 3 heteroatoms. The smallest absolute Gasteiger partial charge is 0.0593 e. The predicted molar refractivity (Wildman–Crippen MR) is 73.4 cm³/mol. The van der Waals surface area contributed by atoms with Crippen LogP contribution in [-0.2, 0) is 4.74 Å². The van der Waals surface area contributed by atoms with Crippen molar-refractivity contribution in [3.63, 3.8) is 0 Å². The molecule has 0 saturated carbocycles. The Balaban J connectivity index is 2.33. The van der Waals surface area contributed by atoms with Crippen molar-refractivity contribution in [2.24, 2.45) is 5.92 Å². The van der Waals surface area contributed by atoms with Crippen molar-refractivity contribution >= 4 is 0 Å². The fourth-order valence-electron chi connectivity index (χ4n) is 2.42. The van der Waals surface area contributed by atoms with E-state index in [0.717, 1.165) is 38.8 Å². The maximum absolute atomic E-state index is 5.53. The maximum Gasteiger partial charge on any atom is 0.0593 e. The van der Waals surface area contributed by atoms with Crippen LogP contribution in [0.2, 0.25) is 0 Å². The van der Waals surface area contributed by atoms with Gasteiger partial charge in [0.25, 0.3) is 0 Å². The van der Waals surface area contributed by atoms with Gasteiger partial charge in [-0.3, -0.25) is 4.90 Å². The normalized spacial score (nSPS) is 20.5. The molecule has 1 N–H and O–H groups in total. The van der Waals surface area contributed by atoms with Crippen LogP contribution in [0.5, 0.6) is 0 Å². The molecule has 0 aliphatic carbocycles. The highest BCUT2D eigenvalue weighted by atomic mass is 16.5. The van der Waals surface area contributed by atoms with Gasteiger partial charge in [0.2, 0.25) is 0 Å². The molecule has 0 radical (unpaired) electrons. The highest BCUT2D eigenvalue weighted by molar-refractivity contribution is 4.75. The van der Waals surface area contributed by atoms with E-state index in [1.807, 2.05) is 0 Å². The van der Waals surface area contributed by atoms with Crippen LogP contribution in [0.1, 0.15) is 40.0 Å². The van der Waals surface area contributed by atoms with E-state index >= 15 is 0 Å². The lowest BCUT2D eigenvalue weighted by molar-refractivity contribution is 0.128. The first-order chi connectivity index (χ1) is 8.24. The van der Waals surface area contributed by atoms with E-state index in [2.05, 4.69) is 31.0 Å². The van der Waals surface area contributed by atoms with Gasteiger partial charge in [0, 0.05) is 32.3 Å². The SMILES string of the molecule is CCCC(CNCC(C)C)N1CCCOCC1. The number of nitrogens with one attached hydrogen (secondary N) is 1. The average molecular weight is 242 g/mol. The van der Waals surface area contributed by atoms with Crippen LogP contribution in [0.4, 0.5) is 0 Å². The van der Waals surface area contributed by atoms with Crippen molar-refractivity contribution in [3.05, 3.63) is 0 Å². The summed E-state index contributed by atoms with van der Waals surface area (Å²) in [5.74, 6) is 0.741. The fraction of sp³-hybridized carbons (Fsp3) is 1.00. The number of hydrogen-bond donors (Lipinski definition) is 1. The Morgan fingerprint density at radius 1 is 1.18 bits per heavy atom. The molecule has 1 atom stereocenters. The van der Waals surface area contributed by atoms with Crippen LogP contribution in [0.3, 0.4) is 0 Å². The van der Waals surface area contributed by atoms with Gasteiger partial charge in [-0.25, -0.2) is 0 Å². The lowest BCUT2D eigenvalue weighted by atomic mass is 10.1. The Kier molecular flexibility index (Phi) is 7.82. The standard InChI is InChI=1S/C14H30N2O/c1-4-6-14(12-15-11-13(2)3)16-7-5-9-17-10-8-16/h13-15H,4-12H2,1-3H3. The average Bonchev–Trinajstić information content (AvgIpc) is 2.56. The molecule has 0 spiro atoms. The molecule has 0 aromatic carbocycles. The number of nitrogens with zero attached hydrogens (tertiary/aromatic N) is 1. The first-order valence-electron chi connectivity index (χ1n) is 7.26. The van der Waals surface area contributed by atoms with E-state index in [-0.39, 0.29) is 0 Å². The fourth-order valence-corrected chi connectivity index (χ4v) is 2.42. The van der Waals surface area contributed by atoms with Gasteiger partial charge in [-0.1, -0.05) is 27.2 Å². The molecule has 1 aliphatic heterocycles. The van der Waals surface area contributed by atoms with E-state index in [1.54, 1.807) is 0 Å². The first-order valence-corrected chi connectivity index (χ1v) is 7.26. The molecule has 0 aromatic rings. The number of rotatable bonds is 7. The lowest BCUT2D eigenvalue weighted by Crippen LogP contribution is -2.44. The van der Waals surface area contributed by atoms with Crippen LogP contribution >= 0.6 is 0 Å². The van der Waals surface area contributed by atoms with Crippen molar-refractivity contribution < 1.29 is 4.74 Å². The molecule has 1 aliphatic rings. The second-order valence-corrected chi connectivity index (χ2v) is 5.50. The van der Waals surface area contributed by atoms with E-state index in [0.29, 0.717) is 6.04 Å². The second-order valence-electron chi connectivity index (χ2n) is 5.50. The molecule has 1 unspecified atom stereocenters. The van der Waals surface area contributed by atoms with E-state index < -0.39 is 0 Å². The van der Waals surface area contributed by atoms with Crippen LogP contribution < -0.4 is 5.32 Å². The highest BCUT2D eigenvalue weighted by Crippen LogP contribution is 2.10. The van der Waals surface area contributed by atoms with Gasteiger partial charge in [0.1, 0.15) is 0 Å². The van der Waals surface area contributed by atoms with Gasteiger partial charge in [-0.2, -0.15) is 0 Å². The van der Waals surface area contributed by atoms with Gasteiger partial charge in [0.05, 0.1) is 6.61 Å². The van der Waals surface area contributed by atoms with Crippen molar-refractivity contribution in [1.82, 2.24) is 10.2 Å². The van der Waals surface area contributed by atoms with Gasteiger partial charge >= 0.3 is 0 Å². The topological polar surface area (TPSA) is 24.5 Å². The summed E-state index contributed by atoms with van der Waals surface area (Å²) < 4.78 is 5.53. The van der Waals surface area contributed by atoms with E-state index in [1.165, 1.54) is 25.8 Å². The third kappa shape index (κ3) is 6.39. The summed E-state index contributed by atoms with van der Waals surface area (Å²) in [6.07, 6.45) is 3.75. The third-order valence-electron chi connectivity index (χ3n) is 3.33. The minimum atomic E-state index is 0.695. The molecule has 0 aromatic heterocycles. The molecule has 0 amide bonds. The van der Waals surface area contributed by atoms with Crippen molar-refractivity contribution in [3.8, 4) is 0 Å². The molecular weight excluding hydrogens is 212 g/mol. The van der Waals surface area contributed by atoms with Crippen LogP contribution in [0.25, 0.3) is 0 Å². The van der Waals surface area contributed by atoms with Gasteiger partial charge in [0.15, 0.2) is 0 Å². The second kappa shape index (κ2) is 8.90. The Hall–Kier alpha value is -0.120. The summed E-state index contributed by atoms with van der Waals surface area (Å²) in [4.78, 5) is 2.61. The molecule has 1 rings (SSSR count). The van der Waals surface area contributed by atoms with Gasteiger partial charge < -0.3 is 10.1 Å². The summed E-state index contributed by atoms with van der Waals surface area (Å²) in [6, 6.07) is 0.695. The summed E-state index contributed by atoms with van der Waals surface area (Å²) in [7, 11) is 0. The van der Waals surface area contributed by atoms with E-state index in [4.69, 9.17) is 4.74 Å². The molecular formula is C14H30N2O. The molecule has 3 nitrogen and oxygen atoms in total. The molecule has 102 valence electrons. The zero-order valence-corrected chi connectivity index (χ0v) is 11.9. The Morgan fingerprint density at radius 3 is 2.71 bits per heavy atom. The number of hydrogen-bond acceptors (Lipinski definition) is 3. The molecule has 1 fully saturated rings. The van der Waals surface area contributed by atoms with Gasteiger partial charge in [-0.15, -0.1) is 0 Å². The quantitative estimate of drug-likeness (QED) is 0.740. The summed E-state index contributed by atoms with van der Waals surface area (Å²) in [5.41, 5.74) is 0. The molecule has 1 saturated heterocycles. The Morgan fingerprint density at radius 2 is 2.00 bits per heavy atom. The molecule has 17 heavy (non-hydrogen) atoms. The zero-order valence-electron chi connectivity index (χ0n) is 11.9. The third-order valence-corrected chi connectivity index (χ3v) is 3.33. The summed E-state index contributed by atoms with van der Waals surface area (Å²) in [5, 5.41) is 3.60. The molecule has 1 heterocycles. The van der Waals surface area contributed by atoms with Gasteiger partial charge in [-0.05, 0) is 25.3 Å².